The first-order chi connectivity index (χ1) is 26.8. The standard InChI is InChI=1S/C45H46NO9P/c1-7-27-52-43(50)41(56(34-21-12-9-13-22-34,35-23-14-10-15-24-35)36-25-16-11-17-26-36)46-37(39(40(46)48)31(3)54-44(51)53-28-8-2)30-38(47)32-19-18-20-33(29-32)42(49)55-45(4,5)6/h7-26,29,31,37,39H,1-2,27-28,30H2,3-6H3/t31-,37-,39-/m1/s1. The second-order valence-corrected chi connectivity index (χ2v) is 17.4. The van der Waals surface area contributed by atoms with Crippen molar-refractivity contribution in [2.75, 3.05) is 13.2 Å². The zero-order valence-electron chi connectivity index (χ0n) is 32.0. The average molecular weight is 776 g/mol. The van der Waals surface area contributed by atoms with Crippen molar-refractivity contribution < 1.29 is 42.9 Å². The quantitative estimate of drug-likeness (QED) is 0.0327. The molecule has 0 N–H and O–H groups in total. The van der Waals surface area contributed by atoms with E-state index in [1.165, 1.54) is 23.1 Å². The van der Waals surface area contributed by atoms with Crippen LogP contribution in [0.4, 0.5) is 4.79 Å². The number of nitrogens with zero attached hydrogens (tertiary/aromatic N) is 1. The van der Waals surface area contributed by atoms with Crippen molar-refractivity contribution in [3.8, 4) is 0 Å². The Morgan fingerprint density at radius 1 is 0.750 bits per heavy atom. The molecule has 0 unspecified atom stereocenters. The van der Waals surface area contributed by atoms with Crippen molar-refractivity contribution in [3.05, 3.63) is 152 Å². The van der Waals surface area contributed by atoms with Crippen molar-refractivity contribution >= 4 is 58.0 Å². The van der Waals surface area contributed by atoms with Crippen LogP contribution in [0.1, 0.15) is 54.8 Å². The van der Waals surface area contributed by atoms with Gasteiger partial charge in [0.15, 0.2) is 5.78 Å². The van der Waals surface area contributed by atoms with Crippen LogP contribution < -0.4 is 15.9 Å². The van der Waals surface area contributed by atoms with Crippen molar-refractivity contribution in [2.45, 2.75) is 51.9 Å². The molecule has 1 amide bonds. The molecule has 4 aromatic rings. The number of ketones is 1. The molecular weight excluding hydrogens is 729 g/mol. The first-order valence-corrected chi connectivity index (χ1v) is 20.0. The smallest absolute Gasteiger partial charge is 0.457 e. The molecular formula is C45H46NO9P. The lowest BCUT2D eigenvalue weighted by Gasteiger charge is -2.51. The summed E-state index contributed by atoms with van der Waals surface area (Å²) in [5.74, 6) is -3.42. The fourth-order valence-corrected chi connectivity index (χ4v) is 11.2. The monoisotopic (exact) mass is 775 g/mol. The van der Waals surface area contributed by atoms with Gasteiger partial charge in [-0.3, -0.25) is 9.59 Å². The Bertz CT molecular complexity index is 2040. The van der Waals surface area contributed by atoms with Gasteiger partial charge in [0.2, 0.25) is 5.91 Å². The van der Waals surface area contributed by atoms with Gasteiger partial charge >= 0.3 is 18.1 Å². The summed E-state index contributed by atoms with van der Waals surface area (Å²) in [7, 11) is 0. The third kappa shape index (κ3) is 8.93. The van der Waals surface area contributed by atoms with Crippen LogP contribution in [0.25, 0.3) is 0 Å². The van der Waals surface area contributed by atoms with Gasteiger partial charge in [-0.05, 0) is 55.7 Å². The lowest BCUT2D eigenvalue weighted by atomic mass is 9.79. The lowest BCUT2D eigenvalue weighted by molar-refractivity contribution is -0.158. The Kier molecular flexibility index (Phi) is 13.3. The Labute approximate surface area is 327 Å². The van der Waals surface area contributed by atoms with E-state index < -0.39 is 60.3 Å². The average Bonchev–Trinajstić information content (AvgIpc) is 3.19. The van der Waals surface area contributed by atoms with Crippen molar-refractivity contribution in [1.82, 2.24) is 4.90 Å². The van der Waals surface area contributed by atoms with Crippen LogP contribution in [0.15, 0.2) is 141 Å². The number of benzene rings is 4. The predicted octanol–water partition coefficient (Wildman–Crippen LogP) is 6.62. The number of carbonyl (C=O) groups is 5. The van der Waals surface area contributed by atoms with Crippen molar-refractivity contribution in [3.63, 3.8) is 0 Å². The molecule has 4 aromatic carbocycles. The fraction of sp³-hybridized carbons (Fsp3) is 0.244. The predicted molar refractivity (Wildman–Crippen MR) is 218 cm³/mol. The van der Waals surface area contributed by atoms with Crippen molar-refractivity contribution in [1.29, 1.82) is 0 Å². The van der Waals surface area contributed by atoms with Gasteiger partial charge in [-0.2, -0.15) is 0 Å². The molecule has 0 spiro atoms. The summed E-state index contributed by atoms with van der Waals surface area (Å²) in [6.45, 7) is 10.5. The molecule has 0 aliphatic carbocycles. The Morgan fingerprint density at radius 3 is 1.75 bits per heavy atom. The minimum absolute atomic E-state index is 0.0472. The molecule has 5 rings (SSSR count). The lowest BCUT2D eigenvalue weighted by Crippen LogP contribution is -2.69. The van der Waals surface area contributed by atoms with E-state index in [1.54, 1.807) is 45.9 Å². The van der Waals surface area contributed by atoms with Crippen LogP contribution in [0.3, 0.4) is 0 Å². The maximum atomic E-state index is 14.8. The number of hydrogen-bond donors (Lipinski definition) is 0. The molecule has 10 nitrogen and oxygen atoms in total. The van der Waals surface area contributed by atoms with Gasteiger partial charge < -0.3 is 23.8 Å². The third-order valence-electron chi connectivity index (χ3n) is 9.08. The van der Waals surface area contributed by atoms with Crippen LogP contribution >= 0.6 is 6.89 Å². The molecule has 0 radical (unpaired) electrons. The number of rotatable bonds is 15. The van der Waals surface area contributed by atoms with Crippen LogP contribution in [0, 0.1) is 5.92 Å². The van der Waals surface area contributed by atoms with Crippen LogP contribution in [0.5, 0.6) is 0 Å². The number of Topliss-reactive ketones (excluding diaryl/α,β-unsaturated/α-hetero) is 1. The maximum Gasteiger partial charge on any atom is 0.508 e. The second-order valence-electron chi connectivity index (χ2n) is 14.1. The first kappa shape index (κ1) is 41.2. The number of hydrogen-bond acceptors (Lipinski definition) is 9. The SMILES string of the molecule is C=CCOC(=O)O[C@H](C)[C@H]1C(=O)N(C(C(=O)OCC=C)=P(c2ccccc2)(c2ccccc2)c2ccccc2)[C@@H]1CC(=O)c1cccc(C(=O)OC(C)(C)C)c1. The summed E-state index contributed by atoms with van der Waals surface area (Å²) in [4.78, 5) is 71.0. The van der Waals surface area contributed by atoms with Crippen LogP contribution in [0.2, 0.25) is 0 Å². The second kappa shape index (κ2) is 18.1. The van der Waals surface area contributed by atoms with Gasteiger partial charge in [0.1, 0.15) is 30.3 Å². The number of esters is 2. The Balaban J connectivity index is 1.77. The largest absolute Gasteiger partial charge is 0.508 e. The summed E-state index contributed by atoms with van der Waals surface area (Å²) in [5.41, 5.74) is -0.353. The molecule has 1 fully saturated rings. The molecule has 56 heavy (non-hydrogen) atoms. The summed E-state index contributed by atoms with van der Waals surface area (Å²) < 4.78 is 22.0. The molecule has 290 valence electrons. The molecule has 1 aliphatic rings. The maximum absolute atomic E-state index is 14.8. The normalized spacial score (nSPS) is 15.7. The number of ether oxygens (including phenoxy) is 4. The van der Waals surface area contributed by atoms with E-state index >= 15 is 0 Å². The number of carbonyl (C=O) groups excluding carboxylic acids is 5. The molecule has 0 aromatic heterocycles. The van der Waals surface area contributed by atoms with Crippen LogP contribution in [-0.4, -0.2) is 71.1 Å². The van der Waals surface area contributed by atoms with Crippen LogP contribution in [-0.2, 0) is 28.5 Å². The van der Waals surface area contributed by atoms with Gasteiger partial charge in [-0.25, -0.2) is 14.4 Å². The zero-order valence-corrected chi connectivity index (χ0v) is 32.9. The molecule has 3 atom stereocenters. The molecule has 11 heteroatoms. The molecule has 1 aliphatic heterocycles. The van der Waals surface area contributed by atoms with E-state index in [0.717, 1.165) is 15.9 Å². The molecule has 1 heterocycles. The van der Waals surface area contributed by atoms with Gasteiger partial charge in [0.25, 0.3) is 0 Å². The Hall–Kier alpha value is -5.99. The highest BCUT2D eigenvalue weighted by Gasteiger charge is 2.57. The van der Waals surface area contributed by atoms with Gasteiger partial charge in [-0.15, -0.1) is 0 Å². The third-order valence-corrected chi connectivity index (χ3v) is 13.3. The first-order valence-electron chi connectivity index (χ1n) is 18.2. The van der Waals surface area contributed by atoms with E-state index in [-0.39, 0.29) is 36.2 Å². The minimum Gasteiger partial charge on any atom is -0.457 e. The van der Waals surface area contributed by atoms with E-state index in [2.05, 4.69) is 13.2 Å². The van der Waals surface area contributed by atoms with Gasteiger partial charge in [0.05, 0.1) is 17.5 Å². The topological polar surface area (TPSA) is 126 Å². The molecule has 1 saturated heterocycles. The summed E-state index contributed by atoms with van der Waals surface area (Å²) in [6, 6.07) is 33.4. The van der Waals surface area contributed by atoms with E-state index in [9.17, 15) is 24.0 Å². The fourth-order valence-electron chi connectivity index (χ4n) is 6.78. The highest BCUT2D eigenvalue weighted by molar-refractivity contribution is 7.96. The summed E-state index contributed by atoms with van der Waals surface area (Å²) in [5, 5.41) is 2.27. The Morgan fingerprint density at radius 2 is 1.25 bits per heavy atom. The highest BCUT2D eigenvalue weighted by atomic mass is 31.2. The van der Waals surface area contributed by atoms with E-state index in [4.69, 9.17) is 18.9 Å². The van der Waals surface area contributed by atoms with Gasteiger partial charge in [0, 0.05) is 18.9 Å². The van der Waals surface area contributed by atoms with E-state index in [0.29, 0.717) is 0 Å². The molecule has 0 bridgehead atoms. The zero-order chi connectivity index (χ0) is 40.5. The highest BCUT2D eigenvalue weighted by Crippen LogP contribution is 2.50. The number of β-lactam (4-membered cyclic amide) rings is 1. The van der Waals surface area contributed by atoms with Crippen molar-refractivity contribution in [2.24, 2.45) is 5.92 Å². The number of amides is 1. The van der Waals surface area contributed by atoms with Gasteiger partial charge in [-0.1, -0.05) is 128 Å². The molecule has 0 saturated carbocycles. The minimum atomic E-state index is -3.31. The summed E-state index contributed by atoms with van der Waals surface area (Å²) in [6.07, 6.45) is 0.414. The number of likely N-dealkylation sites (tertiary alicyclic amines) is 1. The van der Waals surface area contributed by atoms with E-state index in [1.807, 2.05) is 91.0 Å². The summed E-state index contributed by atoms with van der Waals surface area (Å²) >= 11 is 0.